The first-order chi connectivity index (χ1) is 24.5. The van der Waals surface area contributed by atoms with Crippen LogP contribution in [0.2, 0.25) is 0 Å². The molecule has 0 bridgehead atoms. The molecule has 0 radical (unpaired) electrons. The summed E-state index contributed by atoms with van der Waals surface area (Å²) in [5.41, 5.74) is 3.56. The summed E-state index contributed by atoms with van der Waals surface area (Å²) >= 11 is 0. The highest BCUT2D eigenvalue weighted by Gasteiger charge is 2.59. The summed E-state index contributed by atoms with van der Waals surface area (Å²) in [5.74, 6) is 5.57. The van der Waals surface area contributed by atoms with E-state index in [1.165, 1.54) is 63.2 Å². The number of fused-ring (bicyclic) bond motifs is 6. The number of esters is 1. The van der Waals surface area contributed by atoms with Crippen LogP contribution in [0.1, 0.15) is 105 Å². The monoisotopic (exact) mass is 694 g/mol. The lowest BCUT2D eigenvalue weighted by atomic mass is 9.47. The molecule has 3 aromatic rings. The number of hydrogen-bond acceptors (Lipinski definition) is 6. The van der Waals surface area contributed by atoms with Crippen molar-refractivity contribution in [3.63, 3.8) is 0 Å². The topological polar surface area (TPSA) is 75.0 Å². The lowest BCUT2D eigenvalue weighted by Gasteiger charge is -2.58. The summed E-state index contributed by atoms with van der Waals surface area (Å²) in [5, 5.41) is 0.434. The molecule has 3 fully saturated rings. The molecule has 4 aliphatic carbocycles. The summed E-state index contributed by atoms with van der Waals surface area (Å²) < 4.78 is 23.2. The van der Waals surface area contributed by atoms with E-state index < -0.39 is 0 Å². The van der Waals surface area contributed by atoms with E-state index in [2.05, 4.69) is 40.7 Å². The Labute approximate surface area is 304 Å². The van der Waals surface area contributed by atoms with Gasteiger partial charge in [0, 0.05) is 18.1 Å². The fourth-order valence-electron chi connectivity index (χ4n) is 11.4. The Kier molecular flexibility index (Phi) is 10.2. The zero-order valence-corrected chi connectivity index (χ0v) is 31.7. The average molecular weight is 695 g/mol. The first kappa shape index (κ1) is 35.8. The molecule has 0 amide bonds. The van der Waals surface area contributed by atoms with Crippen molar-refractivity contribution in [2.24, 2.45) is 46.3 Å². The molecule has 0 unspecified atom stereocenters. The third-order valence-corrected chi connectivity index (χ3v) is 14.1. The van der Waals surface area contributed by atoms with Gasteiger partial charge in [-0.05, 0) is 109 Å². The largest absolute Gasteiger partial charge is 0.496 e. The van der Waals surface area contributed by atoms with Crippen molar-refractivity contribution in [1.29, 1.82) is 0 Å². The van der Waals surface area contributed by atoms with Crippen LogP contribution in [0.15, 0.2) is 69.6 Å². The molecule has 0 aliphatic heterocycles. The van der Waals surface area contributed by atoms with Gasteiger partial charge in [-0.3, -0.25) is 4.79 Å². The highest BCUT2D eigenvalue weighted by molar-refractivity contribution is 5.84. The van der Waals surface area contributed by atoms with Gasteiger partial charge in [-0.15, -0.1) is 0 Å². The van der Waals surface area contributed by atoms with E-state index in [4.69, 9.17) is 18.6 Å². The summed E-state index contributed by atoms with van der Waals surface area (Å²) in [4.78, 5) is 26.3. The number of methoxy groups -OCH3 is 1. The van der Waals surface area contributed by atoms with Crippen LogP contribution >= 0.6 is 0 Å². The van der Waals surface area contributed by atoms with E-state index in [1.54, 1.807) is 25.3 Å². The van der Waals surface area contributed by atoms with Gasteiger partial charge in [-0.2, -0.15) is 0 Å². The molecule has 0 N–H and O–H groups in total. The zero-order chi connectivity index (χ0) is 35.9. The summed E-state index contributed by atoms with van der Waals surface area (Å²) in [6.45, 7) is 12.3. The maximum Gasteiger partial charge on any atom is 0.344 e. The molecular formula is C45H58O6. The Hall–Kier alpha value is -3.54. The molecule has 0 saturated heterocycles. The predicted molar refractivity (Wildman–Crippen MR) is 203 cm³/mol. The molecule has 1 aromatic heterocycles. The van der Waals surface area contributed by atoms with Crippen LogP contribution < -0.4 is 14.9 Å². The standard InChI is InChI=1S/C45H58O6/c1-28(2)10-9-11-29(3)37-18-19-38-34-16-14-30-24-32(20-22-44(30,4)39(34)21-23-45(37,38)5)51-42(46)27-49-31-15-17-35-41(25-31)50-26-36(43(35)47)33-12-7-8-13-40(33)48-6/h7-8,12-15,17,25-26,28-29,32,34,37-39H,9-11,16,18-24,27H2,1-6H3/t29-,32+,34-,37+,38-,39-,44+,45+/m1/s1. The number of carbonyl (C=O) groups is 1. The number of hydrogen-bond donors (Lipinski definition) is 0. The van der Waals surface area contributed by atoms with Crippen molar-refractivity contribution in [2.75, 3.05) is 13.7 Å². The summed E-state index contributed by atoms with van der Waals surface area (Å²) in [6, 6.07) is 12.4. The number of benzene rings is 2. The summed E-state index contributed by atoms with van der Waals surface area (Å²) in [7, 11) is 1.58. The van der Waals surface area contributed by atoms with Crippen LogP contribution in [-0.4, -0.2) is 25.8 Å². The maximum atomic E-state index is 13.3. The third-order valence-electron chi connectivity index (χ3n) is 14.1. The molecule has 4 aliphatic rings. The lowest BCUT2D eigenvalue weighted by Crippen LogP contribution is -2.51. The molecule has 8 atom stereocenters. The minimum atomic E-state index is -0.362. The molecule has 6 heteroatoms. The molecular weight excluding hydrogens is 636 g/mol. The van der Waals surface area contributed by atoms with Gasteiger partial charge in [-0.1, -0.05) is 83.7 Å². The van der Waals surface area contributed by atoms with Crippen molar-refractivity contribution in [2.45, 2.75) is 111 Å². The first-order valence-electron chi connectivity index (χ1n) is 19.7. The Morgan fingerprint density at radius 2 is 1.78 bits per heavy atom. The minimum Gasteiger partial charge on any atom is -0.496 e. The van der Waals surface area contributed by atoms with Crippen LogP contribution in [-0.2, 0) is 9.53 Å². The minimum absolute atomic E-state index is 0.114. The van der Waals surface area contributed by atoms with Crippen LogP contribution in [0, 0.1) is 46.3 Å². The van der Waals surface area contributed by atoms with Crippen LogP contribution in [0.4, 0.5) is 0 Å². The molecule has 2 aromatic carbocycles. The second kappa shape index (κ2) is 14.5. The Morgan fingerprint density at radius 3 is 2.59 bits per heavy atom. The molecule has 7 rings (SSSR count). The highest BCUT2D eigenvalue weighted by Crippen LogP contribution is 2.67. The molecule has 1 heterocycles. The number of carbonyl (C=O) groups excluding carboxylic acids is 1. The lowest BCUT2D eigenvalue weighted by molar-refractivity contribution is -0.153. The van der Waals surface area contributed by atoms with Crippen LogP contribution in [0.3, 0.4) is 0 Å². The molecule has 6 nitrogen and oxygen atoms in total. The van der Waals surface area contributed by atoms with Gasteiger partial charge in [0.25, 0.3) is 0 Å². The fourth-order valence-corrected chi connectivity index (χ4v) is 11.4. The van der Waals surface area contributed by atoms with Crippen molar-refractivity contribution >= 4 is 16.9 Å². The number of allylic oxidation sites excluding steroid dienone is 1. The number of rotatable bonds is 11. The average Bonchev–Trinajstić information content (AvgIpc) is 3.48. The predicted octanol–water partition coefficient (Wildman–Crippen LogP) is 10.8. The quantitative estimate of drug-likeness (QED) is 0.147. The van der Waals surface area contributed by atoms with Crippen LogP contribution in [0.25, 0.3) is 22.1 Å². The van der Waals surface area contributed by atoms with E-state index in [0.29, 0.717) is 39.0 Å². The number of para-hydroxylation sites is 1. The van der Waals surface area contributed by atoms with Crippen LogP contribution in [0.5, 0.6) is 11.5 Å². The van der Waals surface area contributed by atoms with Gasteiger partial charge in [0.2, 0.25) is 5.43 Å². The maximum absolute atomic E-state index is 13.3. The second-order valence-electron chi connectivity index (χ2n) is 17.3. The van der Waals surface area contributed by atoms with Crippen molar-refractivity contribution in [3.8, 4) is 22.6 Å². The van der Waals surface area contributed by atoms with E-state index >= 15 is 0 Å². The van der Waals surface area contributed by atoms with Gasteiger partial charge in [0.1, 0.15) is 29.4 Å². The highest BCUT2D eigenvalue weighted by atomic mass is 16.6. The van der Waals surface area contributed by atoms with E-state index in [1.807, 2.05) is 24.3 Å². The zero-order valence-electron chi connectivity index (χ0n) is 31.7. The smallest absolute Gasteiger partial charge is 0.344 e. The van der Waals surface area contributed by atoms with E-state index in [0.717, 1.165) is 54.8 Å². The van der Waals surface area contributed by atoms with Crippen molar-refractivity contribution in [1.82, 2.24) is 0 Å². The van der Waals surface area contributed by atoms with Gasteiger partial charge >= 0.3 is 5.97 Å². The molecule has 274 valence electrons. The normalized spacial score (nSPS) is 30.6. The van der Waals surface area contributed by atoms with Gasteiger partial charge < -0.3 is 18.6 Å². The molecule has 3 saturated carbocycles. The SMILES string of the molecule is COc1ccccc1-c1coc2cc(OCC(=O)O[C@H]3CC[C@@]4(C)C(=CC[C@@H]5[C@H]6CC[C@@H]([C@H](C)CCCC(C)C)[C@]6(C)CC[C@H]54)C3)ccc2c1=O. The fraction of sp³-hybridized carbons (Fsp3) is 0.600. The van der Waals surface area contributed by atoms with E-state index in [-0.39, 0.29) is 29.5 Å². The second-order valence-corrected chi connectivity index (χ2v) is 17.3. The number of ether oxygens (including phenoxy) is 3. The van der Waals surface area contributed by atoms with Gasteiger partial charge in [0.15, 0.2) is 6.61 Å². The Bertz CT molecular complexity index is 1820. The van der Waals surface area contributed by atoms with Crippen molar-refractivity contribution < 1.29 is 23.4 Å². The van der Waals surface area contributed by atoms with Crippen molar-refractivity contribution in [3.05, 3.63) is 70.6 Å². The summed E-state index contributed by atoms with van der Waals surface area (Å²) in [6.07, 6.45) is 17.6. The van der Waals surface area contributed by atoms with Gasteiger partial charge in [-0.25, -0.2) is 4.79 Å². The third kappa shape index (κ3) is 6.77. The Balaban J connectivity index is 0.950. The molecule has 51 heavy (non-hydrogen) atoms. The molecule has 0 spiro atoms. The van der Waals surface area contributed by atoms with Gasteiger partial charge in [0.05, 0.1) is 18.1 Å². The van der Waals surface area contributed by atoms with E-state index in [9.17, 15) is 9.59 Å². The Morgan fingerprint density at radius 1 is 0.961 bits per heavy atom. The first-order valence-corrected chi connectivity index (χ1v) is 19.7.